The van der Waals surface area contributed by atoms with Crippen LogP contribution in [0.3, 0.4) is 0 Å². The van der Waals surface area contributed by atoms with Crippen molar-refractivity contribution >= 4 is 34.6 Å². The zero-order chi connectivity index (χ0) is 23.4. The van der Waals surface area contributed by atoms with Crippen molar-refractivity contribution < 1.29 is 4.79 Å². The number of nitrogens with zero attached hydrogens (tertiary/aromatic N) is 4. The van der Waals surface area contributed by atoms with Crippen molar-refractivity contribution in [2.75, 3.05) is 81.1 Å². The van der Waals surface area contributed by atoms with E-state index in [2.05, 4.69) is 65.2 Å². The highest BCUT2D eigenvalue weighted by molar-refractivity contribution is 6.34. The van der Waals surface area contributed by atoms with E-state index in [1.807, 2.05) is 17.0 Å². The molecule has 0 bridgehead atoms. The van der Waals surface area contributed by atoms with Crippen molar-refractivity contribution in [1.29, 1.82) is 0 Å². The van der Waals surface area contributed by atoms with Crippen LogP contribution in [0.1, 0.15) is 17.5 Å². The maximum absolute atomic E-state index is 12.9. The monoisotopic (exact) mass is 469 g/mol. The Bertz CT molecular complexity index is 965. The standard InChI is InChI=1S/C26H36ClN5O/c1-20-6-4-9-24(21(20)2)30-16-18-31(19-17-30)25(33)10-11-28-23-8-5-7-22(27)26(23)32-14-12-29(3)13-15-32/h4-9,28H,10-19H2,1-3H3. The summed E-state index contributed by atoms with van der Waals surface area (Å²) in [4.78, 5) is 22.0. The van der Waals surface area contributed by atoms with Crippen molar-refractivity contribution in [2.45, 2.75) is 20.3 Å². The third kappa shape index (κ3) is 5.56. The summed E-state index contributed by atoms with van der Waals surface area (Å²) in [6.07, 6.45) is 0.484. The summed E-state index contributed by atoms with van der Waals surface area (Å²) < 4.78 is 0. The summed E-state index contributed by atoms with van der Waals surface area (Å²) in [6, 6.07) is 12.4. The molecule has 2 heterocycles. The molecule has 4 rings (SSSR count). The number of likely N-dealkylation sites (N-methyl/N-ethyl adjacent to an activating group) is 1. The molecule has 0 aromatic heterocycles. The first-order valence-corrected chi connectivity index (χ1v) is 12.4. The Labute approximate surface area is 203 Å². The van der Waals surface area contributed by atoms with Gasteiger partial charge in [0.2, 0.25) is 5.91 Å². The van der Waals surface area contributed by atoms with Gasteiger partial charge in [-0.25, -0.2) is 0 Å². The lowest BCUT2D eigenvalue weighted by atomic mass is 10.1. The smallest absolute Gasteiger partial charge is 0.224 e. The summed E-state index contributed by atoms with van der Waals surface area (Å²) in [5.74, 6) is 0.214. The molecule has 2 aromatic carbocycles. The molecule has 0 spiro atoms. The number of carbonyl (C=O) groups excluding carboxylic acids is 1. The highest BCUT2D eigenvalue weighted by Gasteiger charge is 2.23. The number of piperazine rings is 2. The van der Waals surface area contributed by atoms with Gasteiger partial charge in [-0.05, 0) is 50.2 Å². The predicted molar refractivity (Wildman–Crippen MR) is 139 cm³/mol. The van der Waals surface area contributed by atoms with E-state index in [9.17, 15) is 4.79 Å². The minimum Gasteiger partial charge on any atom is -0.383 e. The number of halogens is 1. The molecule has 2 fully saturated rings. The van der Waals surface area contributed by atoms with E-state index in [0.717, 1.165) is 68.8 Å². The first-order chi connectivity index (χ1) is 15.9. The normalized spacial score (nSPS) is 17.4. The van der Waals surface area contributed by atoms with Gasteiger partial charge in [0.05, 0.1) is 16.4 Å². The second kappa shape index (κ2) is 10.7. The Hall–Kier alpha value is -2.44. The summed E-state index contributed by atoms with van der Waals surface area (Å²) in [6.45, 7) is 12.2. The lowest BCUT2D eigenvalue weighted by molar-refractivity contribution is -0.131. The van der Waals surface area contributed by atoms with Crippen molar-refractivity contribution in [1.82, 2.24) is 9.80 Å². The molecule has 0 saturated carbocycles. The summed E-state index contributed by atoms with van der Waals surface area (Å²) in [5.41, 5.74) is 6.01. The largest absolute Gasteiger partial charge is 0.383 e. The molecule has 1 amide bonds. The van der Waals surface area contributed by atoms with Gasteiger partial charge in [-0.15, -0.1) is 0 Å². The molecular formula is C26H36ClN5O. The number of rotatable bonds is 6. The number of benzene rings is 2. The maximum Gasteiger partial charge on any atom is 0.224 e. The average Bonchev–Trinajstić information content (AvgIpc) is 2.82. The van der Waals surface area contributed by atoms with Gasteiger partial charge >= 0.3 is 0 Å². The first kappa shape index (κ1) is 23.7. The van der Waals surface area contributed by atoms with Gasteiger partial charge in [-0.1, -0.05) is 29.8 Å². The Balaban J connectivity index is 1.29. The molecule has 1 N–H and O–H groups in total. The average molecular weight is 470 g/mol. The second-order valence-electron chi connectivity index (χ2n) is 9.19. The van der Waals surface area contributed by atoms with Crippen LogP contribution in [0.5, 0.6) is 0 Å². The van der Waals surface area contributed by atoms with Crippen molar-refractivity contribution in [3.63, 3.8) is 0 Å². The SMILES string of the molecule is Cc1cccc(N2CCN(C(=O)CCNc3cccc(Cl)c3N3CCN(C)CC3)CC2)c1C. The molecule has 2 saturated heterocycles. The summed E-state index contributed by atoms with van der Waals surface area (Å²) in [5, 5.41) is 4.25. The molecule has 2 aromatic rings. The molecular weight excluding hydrogens is 434 g/mol. The lowest BCUT2D eigenvalue weighted by Gasteiger charge is -2.37. The van der Waals surface area contributed by atoms with Crippen LogP contribution in [-0.4, -0.2) is 81.7 Å². The van der Waals surface area contributed by atoms with Gasteiger partial charge in [0.25, 0.3) is 0 Å². The van der Waals surface area contributed by atoms with Gasteiger partial charge in [0.1, 0.15) is 0 Å². The fourth-order valence-electron chi connectivity index (χ4n) is 4.75. The van der Waals surface area contributed by atoms with Gasteiger partial charge in [-0.2, -0.15) is 0 Å². The van der Waals surface area contributed by atoms with Crippen molar-refractivity contribution in [2.24, 2.45) is 0 Å². The molecule has 2 aliphatic heterocycles. The molecule has 2 aliphatic rings. The topological polar surface area (TPSA) is 42.1 Å². The van der Waals surface area contributed by atoms with E-state index in [4.69, 9.17) is 11.6 Å². The summed E-state index contributed by atoms with van der Waals surface area (Å²) in [7, 11) is 2.15. The van der Waals surface area contributed by atoms with Gasteiger partial charge in [0, 0.05) is 71.0 Å². The van der Waals surface area contributed by atoms with E-state index >= 15 is 0 Å². The van der Waals surface area contributed by atoms with Gasteiger partial charge in [0.15, 0.2) is 0 Å². The molecule has 178 valence electrons. The molecule has 0 radical (unpaired) electrons. The predicted octanol–water partition coefficient (Wildman–Crippen LogP) is 3.86. The van der Waals surface area contributed by atoms with Crippen LogP contribution < -0.4 is 15.1 Å². The van der Waals surface area contributed by atoms with E-state index in [0.29, 0.717) is 13.0 Å². The highest BCUT2D eigenvalue weighted by Crippen LogP contribution is 2.34. The Morgan fingerprint density at radius 2 is 1.58 bits per heavy atom. The van der Waals surface area contributed by atoms with E-state index in [1.165, 1.54) is 16.8 Å². The maximum atomic E-state index is 12.9. The lowest BCUT2D eigenvalue weighted by Crippen LogP contribution is -2.49. The molecule has 7 heteroatoms. The minimum atomic E-state index is 0.214. The second-order valence-corrected chi connectivity index (χ2v) is 9.60. The highest BCUT2D eigenvalue weighted by atomic mass is 35.5. The third-order valence-corrected chi connectivity index (χ3v) is 7.31. The quantitative estimate of drug-likeness (QED) is 0.695. The molecule has 6 nitrogen and oxygen atoms in total. The number of anilines is 3. The van der Waals surface area contributed by atoms with Crippen LogP contribution in [0.15, 0.2) is 36.4 Å². The van der Waals surface area contributed by atoms with E-state index in [1.54, 1.807) is 0 Å². The zero-order valence-corrected chi connectivity index (χ0v) is 20.9. The van der Waals surface area contributed by atoms with Gasteiger partial charge < -0.3 is 24.9 Å². The van der Waals surface area contributed by atoms with Crippen LogP contribution in [-0.2, 0) is 4.79 Å². The molecule has 0 atom stereocenters. The summed E-state index contributed by atoms with van der Waals surface area (Å²) >= 11 is 6.57. The fourth-order valence-corrected chi connectivity index (χ4v) is 5.04. The molecule has 0 aliphatic carbocycles. The first-order valence-electron chi connectivity index (χ1n) is 12.0. The van der Waals surface area contributed by atoms with Crippen LogP contribution in [0, 0.1) is 13.8 Å². The number of carbonyl (C=O) groups is 1. The zero-order valence-electron chi connectivity index (χ0n) is 20.1. The Morgan fingerprint density at radius 3 is 2.30 bits per heavy atom. The number of nitrogens with one attached hydrogen (secondary N) is 1. The number of aryl methyl sites for hydroxylation is 1. The Morgan fingerprint density at radius 1 is 0.909 bits per heavy atom. The van der Waals surface area contributed by atoms with Gasteiger partial charge in [-0.3, -0.25) is 4.79 Å². The van der Waals surface area contributed by atoms with Crippen molar-refractivity contribution in [3.05, 3.63) is 52.5 Å². The van der Waals surface area contributed by atoms with E-state index in [-0.39, 0.29) is 5.91 Å². The minimum absolute atomic E-state index is 0.214. The molecule has 0 unspecified atom stereocenters. The van der Waals surface area contributed by atoms with Crippen LogP contribution >= 0.6 is 11.6 Å². The van der Waals surface area contributed by atoms with Crippen LogP contribution in [0.2, 0.25) is 5.02 Å². The Kier molecular flexibility index (Phi) is 7.66. The van der Waals surface area contributed by atoms with Crippen LogP contribution in [0.25, 0.3) is 0 Å². The number of hydrogen-bond acceptors (Lipinski definition) is 5. The third-order valence-electron chi connectivity index (χ3n) is 7.01. The van der Waals surface area contributed by atoms with E-state index < -0.39 is 0 Å². The van der Waals surface area contributed by atoms with Crippen LogP contribution in [0.4, 0.5) is 17.1 Å². The number of amides is 1. The molecule has 33 heavy (non-hydrogen) atoms. The van der Waals surface area contributed by atoms with Crippen molar-refractivity contribution in [3.8, 4) is 0 Å². The number of hydrogen-bond donors (Lipinski definition) is 1. The number of para-hydroxylation sites is 1. The fraction of sp³-hybridized carbons (Fsp3) is 0.500.